The molecule has 3 nitrogen and oxygen atoms in total. The van der Waals surface area contributed by atoms with Crippen LogP contribution in [0.1, 0.15) is 20.7 Å². The van der Waals surface area contributed by atoms with Crippen LogP contribution in [0.15, 0.2) is 82.2 Å². The molecule has 0 bridgehead atoms. The minimum Gasteiger partial charge on any atom is -0.472 e. The Balaban J connectivity index is 1.86. The van der Waals surface area contributed by atoms with E-state index in [0.717, 1.165) is 8.95 Å². The lowest BCUT2D eigenvalue weighted by Crippen LogP contribution is -1.94. The van der Waals surface area contributed by atoms with Gasteiger partial charge in [0.15, 0.2) is 11.6 Å². The van der Waals surface area contributed by atoms with E-state index >= 15 is 0 Å². The molecule has 2 aromatic rings. The van der Waals surface area contributed by atoms with Crippen molar-refractivity contribution in [2.45, 2.75) is 0 Å². The second kappa shape index (κ2) is 8.60. The summed E-state index contributed by atoms with van der Waals surface area (Å²) in [4.78, 5) is 23.7. The van der Waals surface area contributed by atoms with E-state index < -0.39 is 0 Å². The fourth-order valence-electron chi connectivity index (χ4n) is 1.67. The van der Waals surface area contributed by atoms with E-state index in [9.17, 15) is 9.59 Å². The molecule has 0 aliphatic rings. The normalized spacial score (nSPS) is 11.0. The van der Waals surface area contributed by atoms with Gasteiger partial charge in [0.2, 0.25) is 0 Å². The number of benzene rings is 2. The molecule has 0 fully saturated rings. The van der Waals surface area contributed by atoms with Gasteiger partial charge in [-0.3, -0.25) is 9.59 Å². The lowest BCUT2D eigenvalue weighted by molar-refractivity contribution is 0.103. The quantitative estimate of drug-likeness (QED) is 0.350. The van der Waals surface area contributed by atoms with Crippen LogP contribution >= 0.6 is 31.9 Å². The molecular formula is C18H12Br2O3. The minimum atomic E-state index is -0.176. The Hall–Kier alpha value is -1.98. The molecule has 0 saturated heterocycles. The number of hydrogen-bond donors (Lipinski definition) is 0. The van der Waals surface area contributed by atoms with E-state index in [-0.39, 0.29) is 11.6 Å². The van der Waals surface area contributed by atoms with Crippen molar-refractivity contribution in [3.8, 4) is 0 Å². The predicted molar refractivity (Wildman–Crippen MR) is 96.3 cm³/mol. The van der Waals surface area contributed by atoms with Gasteiger partial charge in [0, 0.05) is 32.2 Å². The average Bonchev–Trinajstić information content (AvgIpc) is 2.55. The van der Waals surface area contributed by atoms with Crippen molar-refractivity contribution in [2.75, 3.05) is 0 Å². The Bertz CT molecular complexity index is 679. The zero-order valence-electron chi connectivity index (χ0n) is 11.9. The molecule has 116 valence electrons. The fourth-order valence-corrected chi connectivity index (χ4v) is 2.20. The van der Waals surface area contributed by atoms with Gasteiger partial charge in [-0.05, 0) is 48.5 Å². The van der Waals surface area contributed by atoms with Crippen LogP contribution in [-0.4, -0.2) is 11.6 Å². The first kappa shape index (κ1) is 17.4. The molecule has 0 saturated carbocycles. The van der Waals surface area contributed by atoms with E-state index in [2.05, 4.69) is 31.9 Å². The first-order chi connectivity index (χ1) is 11.1. The summed E-state index contributed by atoms with van der Waals surface area (Å²) in [5.74, 6) is -0.352. The Kier molecular flexibility index (Phi) is 6.50. The third-order valence-corrected chi connectivity index (χ3v) is 3.91. The molecule has 2 rings (SSSR count). The average molecular weight is 436 g/mol. The molecule has 23 heavy (non-hydrogen) atoms. The van der Waals surface area contributed by atoms with Gasteiger partial charge in [-0.1, -0.05) is 31.9 Å². The second-order valence-corrected chi connectivity index (χ2v) is 6.32. The van der Waals surface area contributed by atoms with E-state index in [4.69, 9.17) is 4.74 Å². The summed E-state index contributed by atoms with van der Waals surface area (Å²) in [7, 11) is 0. The van der Waals surface area contributed by atoms with Gasteiger partial charge in [-0.25, -0.2) is 0 Å². The van der Waals surface area contributed by atoms with Crippen molar-refractivity contribution in [3.63, 3.8) is 0 Å². The Morgan fingerprint density at radius 3 is 1.39 bits per heavy atom. The third-order valence-electron chi connectivity index (χ3n) is 2.85. The highest BCUT2D eigenvalue weighted by molar-refractivity contribution is 9.10. The lowest BCUT2D eigenvalue weighted by Gasteiger charge is -1.96. The molecule has 0 aliphatic heterocycles. The topological polar surface area (TPSA) is 43.4 Å². The molecule has 0 aromatic heterocycles. The summed E-state index contributed by atoms with van der Waals surface area (Å²) in [5, 5.41) is 0. The summed E-state index contributed by atoms with van der Waals surface area (Å²) < 4.78 is 6.86. The van der Waals surface area contributed by atoms with Crippen LogP contribution in [0.3, 0.4) is 0 Å². The van der Waals surface area contributed by atoms with Crippen molar-refractivity contribution in [1.29, 1.82) is 0 Å². The zero-order valence-corrected chi connectivity index (χ0v) is 15.1. The number of ether oxygens (including phenoxy) is 1. The molecule has 0 aliphatic carbocycles. The standard InChI is InChI=1S/C18H12Br2O3/c19-15-5-1-13(2-6-15)17(21)9-11-23-12-10-18(22)14-3-7-16(20)8-4-14/h1-12H/b11-9-,12-10+. The van der Waals surface area contributed by atoms with Gasteiger partial charge in [-0.15, -0.1) is 0 Å². The van der Waals surface area contributed by atoms with Crippen LogP contribution in [0.5, 0.6) is 0 Å². The van der Waals surface area contributed by atoms with E-state index in [0.29, 0.717) is 11.1 Å². The highest BCUT2D eigenvalue weighted by Crippen LogP contribution is 2.12. The Morgan fingerprint density at radius 2 is 1.04 bits per heavy atom. The number of halogens is 2. The SMILES string of the molecule is O=C(/C=C\O/C=C/C(=O)c1ccc(Br)cc1)c1ccc(Br)cc1. The molecule has 0 radical (unpaired) electrons. The Labute approximate surface area is 150 Å². The largest absolute Gasteiger partial charge is 0.472 e. The highest BCUT2D eigenvalue weighted by Gasteiger charge is 2.01. The molecule has 0 atom stereocenters. The number of carbonyl (C=O) groups is 2. The lowest BCUT2D eigenvalue weighted by atomic mass is 10.1. The molecule has 0 heterocycles. The third kappa shape index (κ3) is 5.62. The number of carbonyl (C=O) groups excluding carboxylic acids is 2. The monoisotopic (exact) mass is 434 g/mol. The first-order valence-electron chi connectivity index (χ1n) is 6.64. The summed E-state index contributed by atoms with van der Waals surface area (Å²) in [5.41, 5.74) is 1.12. The van der Waals surface area contributed by atoms with Crippen LogP contribution in [0.2, 0.25) is 0 Å². The second-order valence-electron chi connectivity index (χ2n) is 4.48. The number of hydrogen-bond acceptors (Lipinski definition) is 3. The van der Waals surface area contributed by atoms with Gasteiger partial charge in [-0.2, -0.15) is 0 Å². The maximum atomic E-state index is 11.8. The van der Waals surface area contributed by atoms with Gasteiger partial charge < -0.3 is 4.74 Å². The maximum absolute atomic E-state index is 11.8. The zero-order chi connectivity index (χ0) is 16.7. The van der Waals surface area contributed by atoms with Crippen molar-refractivity contribution in [2.24, 2.45) is 0 Å². The molecule has 5 heteroatoms. The van der Waals surface area contributed by atoms with Crippen LogP contribution in [0, 0.1) is 0 Å². The van der Waals surface area contributed by atoms with Gasteiger partial charge in [0.05, 0.1) is 12.5 Å². The molecule has 2 aromatic carbocycles. The molecule has 0 N–H and O–H groups in total. The van der Waals surface area contributed by atoms with Crippen molar-refractivity contribution >= 4 is 43.4 Å². The van der Waals surface area contributed by atoms with Crippen molar-refractivity contribution in [1.82, 2.24) is 0 Å². The van der Waals surface area contributed by atoms with Gasteiger partial charge >= 0.3 is 0 Å². The van der Waals surface area contributed by atoms with E-state index in [1.165, 1.54) is 24.7 Å². The first-order valence-corrected chi connectivity index (χ1v) is 8.23. The van der Waals surface area contributed by atoms with E-state index in [1.807, 2.05) is 0 Å². The number of allylic oxidation sites excluding steroid dienone is 2. The highest BCUT2D eigenvalue weighted by atomic mass is 79.9. The predicted octanol–water partition coefficient (Wildman–Crippen LogP) is 5.32. The molecule has 0 unspecified atom stereocenters. The van der Waals surface area contributed by atoms with Crippen LogP contribution < -0.4 is 0 Å². The summed E-state index contributed by atoms with van der Waals surface area (Å²) in [6.45, 7) is 0. The van der Waals surface area contributed by atoms with Crippen LogP contribution in [-0.2, 0) is 4.74 Å². The summed E-state index contributed by atoms with van der Waals surface area (Å²) >= 11 is 6.61. The van der Waals surface area contributed by atoms with Crippen molar-refractivity contribution in [3.05, 3.63) is 93.3 Å². The maximum Gasteiger partial charge on any atom is 0.188 e. The number of ketones is 2. The molecule has 0 amide bonds. The molecule has 0 spiro atoms. The van der Waals surface area contributed by atoms with Crippen molar-refractivity contribution < 1.29 is 14.3 Å². The van der Waals surface area contributed by atoms with Gasteiger partial charge in [0.1, 0.15) is 0 Å². The molecular weight excluding hydrogens is 424 g/mol. The summed E-state index contributed by atoms with van der Waals surface area (Å²) in [6, 6.07) is 14.0. The fraction of sp³-hybridized carbons (Fsp3) is 0. The minimum absolute atomic E-state index is 0.176. The Morgan fingerprint density at radius 1 is 0.696 bits per heavy atom. The van der Waals surface area contributed by atoms with Crippen LogP contribution in [0.4, 0.5) is 0 Å². The van der Waals surface area contributed by atoms with Gasteiger partial charge in [0.25, 0.3) is 0 Å². The van der Waals surface area contributed by atoms with E-state index in [1.54, 1.807) is 48.5 Å². The number of rotatable bonds is 6. The summed E-state index contributed by atoms with van der Waals surface area (Å²) in [6.07, 6.45) is 5.10. The van der Waals surface area contributed by atoms with Crippen LogP contribution in [0.25, 0.3) is 0 Å². The smallest absolute Gasteiger partial charge is 0.188 e.